The van der Waals surface area contributed by atoms with Crippen molar-refractivity contribution in [3.05, 3.63) is 33.7 Å². The van der Waals surface area contributed by atoms with Gasteiger partial charge < -0.3 is 15.6 Å². The molecule has 116 valence electrons. The molecule has 2 rings (SSSR count). The Morgan fingerprint density at radius 3 is 2.62 bits per heavy atom. The minimum atomic E-state index is -0.207. The summed E-state index contributed by atoms with van der Waals surface area (Å²) in [6.45, 7) is 6.64. The zero-order valence-electron chi connectivity index (χ0n) is 12.6. The lowest BCUT2D eigenvalue weighted by atomic mass is 10.2. The molecule has 0 spiro atoms. The van der Waals surface area contributed by atoms with Crippen LogP contribution in [0.15, 0.2) is 17.1 Å². The van der Waals surface area contributed by atoms with Crippen molar-refractivity contribution in [1.82, 2.24) is 14.8 Å². The Bertz CT molecular complexity index is 533. The summed E-state index contributed by atoms with van der Waals surface area (Å²) >= 11 is 0. The minimum absolute atomic E-state index is 0.169. The number of unbranched alkanes of at least 4 members (excludes halogenated alkanes) is 1. The van der Waals surface area contributed by atoms with Gasteiger partial charge in [0.05, 0.1) is 0 Å². The van der Waals surface area contributed by atoms with Crippen molar-refractivity contribution in [2.45, 2.75) is 19.8 Å². The van der Waals surface area contributed by atoms with Gasteiger partial charge in [-0.2, -0.15) is 0 Å². The number of nitrogens with one attached hydrogen (secondary N) is 1. The van der Waals surface area contributed by atoms with E-state index >= 15 is 0 Å². The van der Waals surface area contributed by atoms with Crippen LogP contribution in [0.2, 0.25) is 0 Å². The lowest BCUT2D eigenvalue weighted by Crippen LogP contribution is -2.49. The molecule has 1 aromatic rings. The van der Waals surface area contributed by atoms with Crippen molar-refractivity contribution >= 4 is 5.91 Å². The molecule has 0 radical (unpaired) electrons. The van der Waals surface area contributed by atoms with Gasteiger partial charge in [-0.05, 0) is 32.9 Å². The van der Waals surface area contributed by atoms with Crippen LogP contribution in [0.3, 0.4) is 0 Å². The molecule has 1 aromatic heterocycles. The molecule has 2 heterocycles. The number of carbonyl (C=O) groups is 1. The maximum Gasteiger partial charge on any atom is 0.259 e. The Morgan fingerprint density at radius 1 is 1.29 bits per heavy atom. The average Bonchev–Trinajstić information content (AvgIpc) is 2.48. The molecule has 6 heteroatoms. The lowest BCUT2D eigenvalue weighted by molar-refractivity contribution is 0.0634. The van der Waals surface area contributed by atoms with Crippen molar-refractivity contribution in [2.24, 2.45) is 5.73 Å². The van der Waals surface area contributed by atoms with Gasteiger partial charge in [-0.3, -0.25) is 14.5 Å². The van der Waals surface area contributed by atoms with Gasteiger partial charge in [-0.1, -0.05) is 0 Å². The maximum atomic E-state index is 12.4. The summed E-state index contributed by atoms with van der Waals surface area (Å²) in [6.07, 6.45) is 3.66. The van der Waals surface area contributed by atoms with Gasteiger partial charge >= 0.3 is 0 Å². The summed E-state index contributed by atoms with van der Waals surface area (Å²) in [5.74, 6) is -0.169. The molecule has 0 bridgehead atoms. The molecule has 3 N–H and O–H groups in total. The van der Waals surface area contributed by atoms with E-state index in [0.717, 1.165) is 44.7 Å². The van der Waals surface area contributed by atoms with Crippen LogP contribution >= 0.6 is 0 Å². The molecule has 1 fully saturated rings. The normalized spacial score (nSPS) is 16.2. The number of rotatable bonds is 5. The highest BCUT2D eigenvalue weighted by molar-refractivity contribution is 5.93. The van der Waals surface area contributed by atoms with E-state index in [0.29, 0.717) is 13.1 Å². The smallest absolute Gasteiger partial charge is 0.259 e. The average molecular weight is 292 g/mol. The van der Waals surface area contributed by atoms with E-state index in [1.165, 1.54) is 12.3 Å². The van der Waals surface area contributed by atoms with Crippen LogP contribution in [0.1, 0.15) is 28.9 Å². The van der Waals surface area contributed by atoms with Crippen LogP contribution in [-0.2, 0) is 0 Å². The van der Waals surface area contributed by atoms with E-state index < -0.39 is 0 Å². The summed E-state index contributed by atoms with van der Waals surface area (Å²) in [5, 5.41) is 0. The number of piperazine rings is 1. The monoisotopic (exact) mass is 292 g/mol. The predicted octanol–water partition coefficient (Wildman–Crippen LogP) is 0.180. The van der Waals surface area contributed by atoms with Gasteiger partial charge in [-0.15, -0.1) is 0 Å². The third-order valence-electron chi connectivity index (χ3n) is 3.88. The first-order chi connectivity index (χ1) is 10.1. The van der Waals surface area contributed by atoms with E-state index in [2.05, 4.69) is 9.88 Å². The molecule has 0 saturated carbocycles. The topological polar surface area (TPSA) is 82.4 Å². The number of pyridine rings is 1. The van der Waals surface area contributed by atoms with E-state index in [1.54, 1.807) is 11.8 Å². The fraction of sp³-hybridized carbons (Fsp3) is 0.600. The van der Waals surface area contributed by atoms with Gasteiger partial charge in [0, 0.05) is 44.1 Å². The van der Waals surface area contributed by atoms with E-state index in [1.807, 2.05) is 0 Å². The molecule has 0 aromatic carbocycles. The summed E-state index contributed by atoms with van der Waals surface area (Å²) in [4.78, 5) is 31.3. The first-order valence-electron chi connectivity index (χ1n) is 7.53. The fourth-order valence-electron chi connectivity index (χ4n) is 2.56. The Labute approximate surface area is 124 Å². The number of aromatic nitrogens is 1. The fourth-order valence-corrected chi connectivity index (χ4v) is 2.56. The molecule has 1 saturated heterocycles. The summed E-state index contributed by atoms with van der Waals surface area (Å²) < 4.78 is 0. The van der Waals surface area contributed by atoms with Crippen LogP contribution in [0.25, 0.3) is 0 Å². The minimum Gasteiger partial charge on any atom is -0.364 e. The highest BCUT2D eigenvalue weighted by Gasteiger charge is 2.23. The summed E-state index contributed by atoms with van der Waals surface area (Å²) in [5.41, 5.74) is 6.28. The molecule has 1 aliphatic heterocycles. The van der Waals surface area contributed by atoms with E-state index in [4.69, 9.17) is 5.73 Å². The second-order valence-electron chi connectivity index (χ2n) is 5.52. The van der Waals surface area contributed by atoms with E-state index in [-0.39, 0.29) is 16.9 Å². The van der Waals surface area contributed by atoms with E-state index in [9.17, 15) is 9.59 Å². The molecular weight excluding hydrogens is 268 g/mol. The van der Waals surface area contributed by atoms with Crippen LogP contribution in [0.5, 0.6) is 0 Å². The first kappa shape index (κ1) is 15.7. The Morgan fingerprint density at radius 2 is 2.00 bits per heavy atom. The van der Waals surface area contributed by atoms with Crippen LogP contribution in [0.4, 0.5) is 0 Å². The second-order valence-corrected chi connectivity index (χ2v) is 5.52. The zero-order chi connectivity index (χ0) is 15.2. The Hall–Kier alpha value is -1.66. The molecule has 0 atom stereocenters. The number of aryl methyl sites for hydroxylation is 1. The van der Waals surface area contributed by atoms with Crippen molar-refractivity contribution in [1.29, 1.82) is 0 Å². The predicted molar refractivity (Wildman–Crippen MR) is 82.4 cm³/mol. The third kappa shape index (κ3) is 4.15. The molecule has 21 heavy (non-hydrogen) atoms. The van der Waals surface area contributed by atoms with Crippen molar-refractivity contribution in [3.8, 4) is 0 Å². The van der Waals surface area contributed by atoms with Gasteiger partial charge in [0.1, 0.15) is 5.56 Å². The molecule has 6 nitrogen and oxygen atoms in total. The zero-order valence-corrected chi connectivity index (χ0v) is 12.6. The number of amides is 1. The highest BCUT2D eigenvalue weighted by atomic mass is 16.2. The van der Waals surface area contributed by atoms with Crippen molar-refractivity contribution in [3.63, 3.8) is 0 Å². The maximum absolute atomic E-state index is 12.4. The molecule has 0 aliphatic carbocycles. The van der Waals surface area contributed by atoms with Gasteiger partial charge in [0.2, 0.25) is 0 Å². The molecular formula is C15H24N4O2. The number of aromatic amines is 1. The second kappa shape index (κ2) is 7.38. The summed E-state index contributed by atoms with van der Waals surface area (Å²) in [6, 6.07) is 1.47. The quantitative estimate of drug-likeness (QED) is 0.759. The van der Waals surface area contributed by atoms with Crippen LogP contribution < -0.4 is 11.2 Å². The number of nitrogens with zero attached hydrogens (tertiary/aromatic N) is 2. The molecule has 1 amide bonds. The van der Waals surface area contributed by atoms with Crippen molar-refractivity contribution < 1.29 is 4.79 Å². The number of nitrogens with two attached hydrogens (primary N) is 1. The number of carbonyl (C=O) groups excluding carboxylic acids is 1. The number of hydrogen-bond donors (Lipinski definition) is 2. The third-order valence-corrected chi connectivity index (χ3v) is 3.88. The Balaban J connectivity index is 1.89. The van der Waals surface area contributed by atoms with Gasteiger partial charge in [0.15, 0.2) is 5.43 Å². The van der Waals surface area contributed by atoms with Crippen LogP contribution in [-0.4, -0.2) is 60.0 Å². The molecule has 0 unspecified atom stereocenters. The summed E-state index contributed by atoms with van der Waals surface area (Å²) in [7, 11) is 0. The Kier molecular flexibility index (Phi) is 5.52. The largest absolute Gasteiger partial charge is 0.364 e. The first-order valence-corrected chi connectivity index (χ1v) is 7.53. The highest BCUT2D eigenvalue weighted by Crippen LogP contribution is 2.07. The SMILES string of the molecule is Cc1cc(=O)c(C(=O)N2CCN(CCCCN)CC2)c[nH]1. The van der Waals surface area contributed by atoms with Crippen LogP contribution in [0, 0.1) is 6.92 Å². The molecule has 1 aliphatic rings. The van der Waals surface area contributed by atoms with Crippen molar-refractivity contribution in [2.75, 3.05) is 39.3 Å². The van der Waals surface area contributed by atoms with Gasteiger partial charge in [-0.25, -0.2) is 0 Å². The number of hydrogen-bond acceptors (Lipinski definition) is 4. The lowest BCUT2D eigenvalue weighted by Gasteiger charge is -2.34. The van der Waals surface area contributed by atoms with Gasteiger partial charge in [0.25, 0.3) is 5.91 Å². The standard InChI is InChI=1S/C15H24N4O2/c1-12-10-14(20)13(11-17-12)15(21)19-8-6-18(7-9-19)5-3-2-4-16/h10-11H,2-9,16H2,1H3,(H,17,20). The number of H-pyrrole nitrogens is 1.